The number of nitrogens with zero attached hydrogens (tertiary/aromatic N) is 3. The van der Waals surface area contributed by atoms with Gasteiger partial charge in [0.15, 0.2) is 5.76 Å². The molecule has 0 atom stereocenters. The molecule has 5 heteroatoms. The maximum atomic E-state index is 13.1. The number of fused-ring (bicyclic) bond motifs is 1. The molecule has 0 bridgehead atoms. The lowest BCUT2D eigenvalue weighted by Gasteiger charge is -2.26. The van der Waals surface area contributed by atoms with Gasteiger partial charge in [0.05, 0.1) is 0 Å². The van der Waals surface area contributed by atoms with E-state index in [1.807, 2.05) is 67.3 Å². The van der Waals surface area contributed by atoms with Crippen molar-refractivity contribution in [2.24, 2.45) is 0 Å². The second-order valence-electron chi connectivity index (χ2n) is 7.00. The summed E-state index contributed by atoms with van der Waals surface area (Å²) in [5.74, 6) is 0.252. The maximum Gasteiger partial charge on any atom is 0.290 e. The molecular weight excluding hydrogens is 350 g/mol. The van der Waals surface area contributed by atoms with Crippen LogP contribution in [-0.4, -0.2) is 26.8 Å². The van der Waals surface area contributed by atoms with Gasteiger partial charge in [-0.1, -0.05) is 36.4 Å². The molecule has 0 N–H and O–H groups in total. The predicted octanol–water partition coefficient (Wildman–Crippen LogP) is 4.94. The first-order valence-corrected chi connectivity index (χ1v) is 9.25. The van der Waals surface area contributed by atoms with E-state index in [4.69, 9.17) is 4.42 Å². The van der Waals surface area contributed by atoms with Crippen molar-refractivity contribution in [1.29, 1.82) is 0 Å². The Bertz CT molecular complexity index is 1070. The number of carbonyl (C=O) groups excluding carboxylic acids is 1. The smallest absolute Gasteiger partial charge is 0.290 e. The fourth-order valence-corrected chi connectivity index (χ4v) is 3.21. The zero-order chi connectivity index (χ0) is 19.5. The quantitative estimate of drug-likeness (QED) is 0.498. The van der Waals surface area contributed by atoms with Gasteiger partial charge in [-0.2, -0.15) is 0 Å². The van der Waals surface area contributed by atoms with E-state index in [9.17, 15) is 4.79 Å². The summed E-state index contributed by atoms with van der Waals surface area (Å²) in [7, 11) is 0. The highest BCUT2D eigenvalue weighted by Crippen LogP contribution is 2.23. The van der Waals surface area contributed by atoms with Gasteiger partial charge in [-0.25, -0.2) is 9.97 Å². The standard InChI is InChI=1S/C23H21N3O2/c1-16(2)26(23(27)22-11-19-7-3-4-9-21(19)28-22)14-17-6-5-8-18(10-17)20-12-24-15-25-13-20/h3-13,15-16H,14H2,1-2H3. The van der Waals surface area contributed by atoms with Crippen LogP contribution in [0.3, 0.4) is 0 Å². The molecule has 0 aliphatic rings. The number of carbonyl (C=O) groups is 1. The van der Waals surface area contributed by atoms with Crippen LogP contribution in [0.25, 0.3) is 22.1 Å². The Morgan fingerprint density at radius 3 is 2.54 bits per heavy atom. The van der Waals surface area contributed by atoms with Gasteiger partial charge in [-0.05, 0) is 43.2 Å². The van der Waals surface area contributed by atoms with Gasteiger partial charge in [0.2, 0.25) is 0 Å². The minimum atomic E-state index is -0.111. The Hall–Kier alpha value is -3.47. The molecule has 2 aromatic heterocycles. The van der Waals surface area contributed by atoms with E-state index in [1.54, 1.807) is 12.4 Å². The molecule has 0 fully saturated rings. The number of furan rings is 1. The first-order chi connectivity index (χ1) is 13.6. The Kier molecular flexibility index (Phi) is 4.89. The summed E-state index contributed by atoms with van der Waals surface area (Å²) in [5, 5.41) is 0.931. The van der Waals surface area contributed by atoms with Crippen LogP contribution in [0, 0.1) is 0 Å². The van der Waals surface area contributed by atoms with E-state index in [0.29, 0.717) is 12.3 Å². The van der Waals surface area contributed by atoms with Gasteiger partial charge in [-0.3, -0.25) is 4.79 Å². The third kappa shape index (κ3) is 3.64. The van der Waals surface area contributed by atoms with Crippen molar-refractivity contribution in [3.05, 3.63) is 84.6 Å². The number of amides is 1. The van der Waals surface area contributed by atoms with Crippen molar-refractivity contribution in [2.45, 2.75) is 26.4 Å². The molecule has 0 spiro atoms. The second-order valence-corrected chi connectivity index (χ2v) is 7.00. The summed E-state index contributed by atoms with van der Waals surface area (Å²) in [5.41, 5.74) is 3.74. The van der Waals surface area contributed by atoms with Crippen LogP contribution < -0.4 is 0 Å². The van der Waals surface area contributed by atoms with Crippen LogP contribution in [0.15, 0.2) is 77.7 Å². The molecule has 2 heterocycles. The average molecular weight is 371 g/mol. The molecule has 0 saturated heterocycles. The molecular formula is C23H21N3O2. The van der Waals surface area contributed by atoms with Gasteiger partial charge in [0, 0.05) is 35.9 Å². The lowest BCUT2D eigenvalue weighted by molar-refractivity contribution is 0.0660. The van der Waals surface area contributed by atoms with E-state index in [-0.39, 0.29) is 11.9 Å². The van der Waals surface area contributed by atoms with Crippen molar-refractivity contribution in [3.63, 3.8) is 0 Å². The summed E-state index contributed by atoms with van der Waals surface area (Å²) >= 11 is 0. The minimum Gasteiger partial charge on any atom is -0.451 e. The molecule has 4 aromatic rings. The molecule has 0 saturated carbocycles. The molecule has 0 aliphatic heterocycles. The third-order valence-electron chi connectivity index (χ3n) is 4.69. The fourth-order valence-electron chi connectivity index (χ4n) is 3.21. The Balaban J connectivity index is 1.61. The van der Waals surface area contributed by atoms with E-state index in [2.05, 4.69) is 16.0 Å². The Morgan fingerprint density at radius 1 is 1.00 bits per heavy atom. The summed E-state index contributed by atoms with van der Waals surface area (Å²) in [6.45, 7) is 4.51. The molecule has 28 heavy (non-hydrogen) atoms. The molecule has 4 rings (SSSR count). The van der Waals surface area contributed by atoms with Gasteiger partial charge >= 0.3 is 0 Å². The lowest BCUT2D eigenvalue weighted by Crippen LogP contribution is -2.36. The number of rotatable bonds is 5. The fraction of sp³-hybridized carbons (Fsp3) is 0.174. The van der Waals surface area contributed by atoms with Crippen LogP contribution in [-0.2, 0) is 6.54 Å². The number of benzene rings is 2. The number of hydrogen-bond donors (Lipinski definition) is 0. The van der Waals surface area contributed by atoms with Gasteiger partial charge in [-0.15, -0.1) is 0 Å². The topological polar surface area (TPSA) is 59.2 Å². The average Bonchev–Trinajstić information content (AvgIpc) is 3.16. The maximum absolute atomic E-state index is 13.1. The van der Waals surface area contributed by atoms with E-state index in [0.717, 1.165) is 27.7 Å². The molecule has 0 aliphatic carbocycles. The minimum absolute atomic E-state index is 0.0319. The summed E-state index contributed by atoms with van der Waals surface area (Å²) in [6, 6.07) is 17.6. The summed E-state index contributed by atoms with van der Waals surface area (Å²) in [6.07, 6.45) is 5.08. The van der Waals surface area contributed by atoms with Crippen LogP contribution >= 0.6 is 0 Å². The van der Waals surface area contributed by atoms with Crippen molar-refractivity contribution in [2.75, 3.05) is 0 Å². The molecule has 1 amide bonds. The zero-order valence-corrected chi connectivity index (χ0v) is 15.9. The summed E-state index contributed by atoms with van der Waals surface area (Å²) < 4.78 is 5.78. The van der Waals surface area contributed by atoms with Crippen molar-refractivity contribution in [3.8, 4) is 11.1 Å². The van der Waals surface area contributed by atoms with Crippen LogP contribution in [0.5, 0.6) is 0 Å². The molecule has 140 valence electrons. The molecule has 5 nitrogen and oxygen atoms in total. The van der Waals surface area contributed by atoms with Crippen LogP contribution in [0.2, 0.25) is 0 Å². The number of aromatic nitrogens is 2. The van der Waals surface area contributed by atoms with Crippen LogP contribution in [0.1, 0.15) is 30.0 Å². The SMILES string of the molecule is CC(C)N(Cc1cccc(-c2cncnc2)c1)C(=O)c1cc2ccccc2o1. The van der Waals surface area contributed by atoms with Crippen molar-refractivity contribution >= 4 is 16.9 Å². The second kappa shape index (κ2) is 7.64. The first-order valence-electron chi connectivity index (χ1n) is 9.25. The largest absolute Gasteiger partial charge is 0.451 e. The van der Waals surface area contributed by atoms with Gasteiger partial charge < -0.3 is 9.32 Å². The van der Waals surface area contributed by atoms with E-state index < -0.39 is 0 Å². The Labute approximate surface area is 163 Å². The first kappa shape index (κ1) is 17.9. The van der Waals surface area contributed by atoms with Gasteiger partial charge in [0.25, 0.3) is 5.91 Å². The molecule has 0 unspecified atom stereocenters. The summed E-state index contributed by atoms with van der Waals surface area (Å²) in [4.78, 5) is 23.1. The predicted molar refractivity (Wildman–Crippen MR) is 109 cm³/mol. The third-order valence-corrected chi connectivity index (χ3v) is 4.69. The molecule has 2 aromatic carbocycles. The number of para-hydroxylation sites is 1. The van der Waals surface area contributed by atoms with Crippen molar-refractivity contribution < 1.29 is 9.21 Å². The number of hydrogen-bond acceptors (Lipinski definition) is 4. The van der Waals surface area contributed by atoms with Gasteiger partial charge in [0.1, 0.15) is 11.9 Å². The zero-order valence-electron chi connectivity index (χ0n) is 15.9. The van der Waals surface area contributed by atoms with E-state index >= 15 is 0 Å². The highest BCUT2D eigenvalue weighted by molar-refractivity contribution is 5.96. The highest BCUT2D eigenvalue weighted by Gasteiger charge is 2.22. The van der Waals surface area contributed by atoms with Crippen LogP contribution in [0.4, 0.5) is 0 Å². The monoisotopic (exact) mass is 371 g/mol. The molecule has 0 radical (unpaired) electrons. The Morgan fingerprint density at radius 2 is 1.79 bits per heavy atom. The highest BCUT2D eigenvalue weighted by atomic mass is 16.3. The lowest BCUT2D eigenvalue weighted by atomic mass is 10.1. The normalized spacial score (nSPS) is 11.1. The van der Waals surface area contributed by atoms with Crippen molar-refractivity contribution in [1.82, 2.24) is 14.9 Å². The van der Waals surface area contributed by atoms with E-state index in [1.165, 1.54) is 6.33 Å².